The van der Waals surface area contributed by atoms with Crippen LogP contribution in [0.1, 0.15) is 16.1 Å². The molecular formula is C15H11F6N3O2. The van der Waals surface area contributed by atoms with Crippen molar-refractivity contribution in [1.82, 2.24) is 10.4 Å². The van der Waals surface area contributed by atoms with E-state index in [2.05, 4.69) is 20.2 Å². The zero-order valence-corrected chi connectivity index (χ0v) is 12.7. The molecule has 0 aliphatic heterocycles. The molecule has 2 aromatic rings. The Morgan fingerprint density at radius 2 is 1.81 bits per heavy atom. The van der Waals surface area contributed by atoms with Gasteiger partial charge in [-0.3, -0.25) is 4.79 Å². The van der Waals surface area contributed by atoms with Gasteiger partial charge < -0.3 is 9.72 Å². The molecule has 0 fully saturated rings. The molecule has 11 heteroatoms. The monoisotopic (exact) mass is 379 g/mol. The Labute approximate surface area is 142 Å². The average molecular weight is 379 g/mol. The number of rotatable bonds is 6. The first kappa shape index (κ1) is 19.3. The predicted octanol–water partition coefficient (Wildman–Crippen LogP) is 3.65. The van der Waals surface area contributed by atoms with E-state index in [1.165, 1.54) is 24.4 Å². The molecule has 1 aromatic carbocycles. The van der Waals surface area contributed by atoms with Gasteiger partial charge in [0, 0.05) is 6.20 Å². The number of benzene rings is 1. The predicted molar refractivity (Wildman–Crippen MR) is 78.8 cm³/mol. The lowest BCUT2D eigenvalue weighted by molar-refractivity contribution is -0.304. The van der Waals surface area contributed by atoms with Crippen LogP contribution in [0.2, 0.25) is 0 Å². The molecule has 0 spiro atoms. The van der Waals surface area contributed by atoms with Gasteiger partial charge in [-0.05, 0) is 42.0 Å². The minimum Gasteiger partial charge on any atom is -0.430 e. The van der Waals surface area contributed by atoms with Crippen LogP contribution in [0, 0.1) is 0 Å². The molecule has 140 valence electrons. The highest BCUT2D eigenvalue weighted by molar-refractivity contribution is 5.93. The average Bonchev–Trinajstić information content (AvgIpc) is 3.09. The van der Waals surface area contributed by atoms with Crippen LogP contribution in [0.15, 0.2) is 47.7 Å². The first-order chi connectivity index (χ1) is 12.1. The van der Waals surface area contributed by atoms with E-state index in [0.717, 1.165) is 18.3 Å². The fourth-order valence-corrected chi connectivity index (χ4v) is 1.72. The highest BCUT2D eigenvalue weighted by Gasteiger charge is 2.59. The molecule has 2 rings (SSSR count). The molecule has 5 nitrogen and oxygen atoms in total. The van der Waals surface area contributed by atoms with Gasteiger partial charge in [0.15, 0.2) is 0 Å². The number of carbonyl (C=O) groups is 1. The first-order valence-electron chi connectivity index (χ1n) is 6.94. The summed E-state index contributed by atoms with van der Waals surface area (Å²) in [5, 5.41) is 3.62. The fourth-order valence-electron chi connectivity index (χ4n) is 1.72. The van der Waals surface area contributed by atoms with Gasteiger partial charge in [0.05, 0.1) is 6.21 Å². The molecule has 0 radical (unpaired) electrons. The molecule has 0 aliphatic carbocycles. The van der Waals surface area contributed by atoms with Crippen LogP contribution in [0.5, 0.6) is 5.75 Å². The van der Waals surface area contributed by atoms with Crippen molar-refractivity contribution in [1.29, 1.82) is 0 Å². The van der Waals surface area contributed by atoms with Gasteiger partial charge in [-0.1, -0.05) is 0 Å². The number of hydrogen-bond donors (Lipinski definition) is 2. The topological polar surface area (TPSA) is 66.5 Å². The Morgan fingerprint density at radius 3 is 2.35 bits per heavy atom. The zero-order valence-electron chi connectivity index (χ0n) is 12.7. The van der Waals surface area contributed by atoms with Gasteiger partial charge in [0.25, 0.3) is 12.1 Å². The second-order valence-corrected chi connectivity index (χ2v) is 4.92. The molecule has 0 unspecified atom stereocenters. The molecule has 1 heterocycles. The smallest absolute Gasteiger partial charge is 0.430 e. The van der Waals surface area contributed by atoms with Crippen LogP contribution in [0.3, 0.4) is 0 Å². The third-order valence-electron chi connectivity index (χ3n) is 2.94. The van der Waals surface area contributed by atoms with Gasteiger partial charge in [-0.2, -0.15) is 27.1 Å². The minimum absolute atomic E-state index is 0.263. The van der Waals surface area contributed by atoms with E-state index in [1.807, 2.05) is 0 Å². The van der Waals surface area contributed by atoms with Crippen LogP contribution in [0.4, 0.5) is 26.3 Å². The molecule has 26 heavy (non-hydrogen) atoms. The van der Waals surface area contributed by atoms with E-state index >= 15 is 0 Å². The Hall–Kier alpha value is -2.98. The standard InChI is InChI=1S/C15H11F6N3O2/c16-13(14(17,18)19)15(20,21)26-10-5-3-9(4-6-10)8-23-24-12(25)11-2-1-7-22-11/h1-8,13,22H,(H,24,25)/b23-8-/t13-/m1/s1. The number of nitrogens with one attached hydrogen (secondary N) is 2. The minimum atomic E-state index is -5.76. The van der Waals surface area contributed by atoms with Gasteiger partial charge in [0.2, 0.25) is 0 Å². The maximum Gasteiger partial charge on any atom is 0.439 e. The summed E-state index contributed by atoms with van der Waals surface area (Å²) in [5.74, 6) is -1.19. The van der Waals surface area contributed by atoms with Crippen LogP contribution in [-0.4, -0.2) is 35.6 Å². The molecule has 1 aromatic heterocycles. The molecule has 0 saturated carbocycles. The molecule has 0 saturated heterocycles. The molecular weight excluding hydrogens is 368 g/mol. The van der Waals surface area contributed by atoms with Gasteiger partial charge in [-0.15, -0.1) is 0 Å². The van der Waals surface area contributed by atoms with Gasteiger partial charge in [0.1, 0.15) is 11.4 Å². The summed E-state index contributed by atoms with van der Waals surface area (Å²) >= 11 is 0. The zero-order chi connectivity index (χ0) is 19.4. The number of alkyl halides is 6. The highest BCUT2D eigenvalue weighted by Crippen LogP contribution is 2.36. The number of nitrogens with zero attached hydrogens (tertiary/aromatic N) is 1. The number of halogens is 6. The van der Waals surface area contributed by atoms with E-state index in [0.29, 0.717) is 5.56 Å². The number of aromatic nitrogens is 1. The van der Waals surface area contributed by atoms with Crippen molar-refractivity contribution in [3.05, 3.63) is 53.9 Å². The van der Waals surface area contributed by atoms with E-state index < -0.39 is 30.1 Å². The van der Waals surface area contributed by atoms with E-state index in [1.54, 1.807) is 6.07 Å². The maximum absolute atomic E-state index is 13.1. The second kappa shape index (κ2) is 7.50. The summed E-state index contributed by atoms with van der Waals surface area (Å²) in [4.78, 5) is 14.2. The van der Waals surface area contributed by atoms with Crippen LogP contribution in [0.25, 0.3) is 0 Å². The number of aromatic amines is 1. The summed E-state index contributed by atoms with van der Waals surface area (Å²) in [5.41, 5.74) is 2.77. The van der Waals surface area contributed by atoms with E-state index in [4.69, 9.17) is 0 Å². The molecule has 1 atom stereocenters. The van der Waals surface area contributed by atoms with E-state index in [9.17, 15) is 31.1 Å². The second-order valence-electron chi connectivity index (χ2n) is 4.92. The summed E-state index contributed by atoms with van der Waals surface area (Å²) in [7, 11) is 0. The van der Waals surface area contributed by atoms with Crippen molar-refractivity contribution in [2.45, 2.75) is 18.5 Å². The SMILES string of the molecule is O=C(N/N=C\c1ccc(OC(F)(F)[C@H](F)C(F)(F)F)cc1)c1ccc[nH]1. The fraction of sp³-hybridized carbons (Fsp3) is 0.200. The third kappa shape index (κ3) is 5.01. The summed E-state index contributed by atoms with van der Waals surface area (Å²) in [6.07, 6.45) is -12.6. The van der Waals surface area contributed by atoms with Gasteiger partial charge in [-0.25, -0.2) is 9.82 Å². The van der Waals surface area contributed by atoms with Crippen molar-refractivity contribution in [3.63, 3.8) is 0 Å². The lowest BCUT2D eigenvalue weighted by Crippen LogP contribution is -2.45. The Kier molecular flexibility index (Phi) is 5.58. The largest absolute Gasteiger partial charge is 0.439 e. The highest BCUT2D eigenvalue weighted by atomic mass is 19.4. The number of hydrogen-bond acceptors (Lipinski definition) is 3. The number of H-pyrrole nitrogens is 1. The number of carbonyl (C=O) groups excluding carboxylic acids is 1. The number of ether oxygens (including phenoxy) is 1. The lowest BCUT2D eigenvalue weighted by Gasteiger charge is -2.23. The van der Waals surface area contributed by atoms with Crippen LogP contribution in [-0.2, 0) is 0 Å². The number of hydrazone groups is 1. The van der Waals surface area contributed by atoms with Crippen LogP contribution < -0.4 is 10.2 Å². The normalized spacial score (nSPS) is 13.6. The Morgan fingerprint density at radius 1 is 1.15 bits per heavy atom. The molecule has 0 aliphatic rings. The Balaban J connectivity index is 1.95. The van der Waals surface area contributed by atoms with Crippen molar-refractivity contribution < 1.29 is 35.9 Å². The summed E-state index contributed by atoms with van der Waals surface area (Å²) in [6, 6.07) is 7.29. The molecule has 1 amide bonds. The maximum atomic E-state index is 13.1. The van der Waals surface area contributed by atoms with Crippen molar-refractivity contribution in [3.8, 4) is 5.75 Å². The van der Waals surface area contributed by atoms with Crippen molar-refractivity contribution in [2.24, 2.45) is 5.10 Å². The Bertz CT molecular complexity index is 757. The first-order valence-corrected chi connectivity index (χ1v) is 6.94. The molecule has 0 bridgehead atoms. The van der Waals surface area contributed by atoms with E-state index in [-0.39, 0.29) is 5.69 Å². The van der Waals surface area contributed by atoms with Crippen LogP contribution >= 0.6 is 0 Å². The lowest BCUT2D eigenvalue weighted by atomic mass is 10.2. The molecule has 2 N–H and O–H groups in total. The summed E-state index contributed by atoms with van der Waals surface area (Å²) < 4.78 is 78.9. The summed E-state index contributed by atoms with van der Waals surface area (Å²) in [6.45, 7) is 0. The van der Waals surface area contributed by atoms with Crippen molar-refractivity contribution >= 4 is 12.1 Å². The number of amides is 1. The third-order valence-corrected chi connectivity index (χ3v) is 2.94. The van der Waals surface area contributed by atoms with Crippen molar-refractivity contribution in [2.75, 3.05) is 0 Å². The van der Waals surface area contributed by atoms with Gasteiger partial charge >= 0.3 is 12.3 Å². The quantitative estimate of drug-likeness (QED) is 0.457.